The third-order valence-corrected chi connectivity index (χ3v) is 5.44. The van der Waals surface area contributed by atoms with Crippen LogP contribution in [0.3, 0.4) is 0 Å². The summed E-state index contributed by atoms with van der Waals surface area (Å²) in [5.74, 6) is 0. The van der Waals surface area contributed by atoms with E-state index in [4.69, 9.17) is 9.47 Å². The lowest BCUT2D eigenvalue weighted by atomic mass is 9.88. The van der Waals surface area contributed by atoms with Crippen LogP contribution in [0.15, 0.2) is 12.1 Å². The fourth-order valence-electron chi connectivity index (χ4n) is 3.21. The Kier molecular flexibility index (Phi) is 3.94. The molecule has 0 saturated carbocycles. The predicted molar refractivity (Wildman–Crippen MR) is 77.7 cm³/mol. The van der Waals surface area contributed by atoms with Crippen molar-refractivity contribution in [1.82, 2.24) is 4.90 Å². The molecule has 0 bridgehead atoms. The summed E-state index contributed by atoms with van der Waals surface area (Å²) < 4.78 is 11.5. The Balaban J connectivity index is 1.52. The summed E-state index contributed by atoms with van der Waals surface area (Å²) in [5.41, 5.74) is 0.114. The molecule has 1 aromatic rings. The van der Waals surface area contributed by atoms with Gasteiger partial charge in [0.1, 0.15) is 0 Å². The molecule has 0 unspecified atom stereocenters. The van der Waals surface area contributed by atoms with Crippen LogP contribution in [-0.4, -0.2) is 43.4 Å². The topological polar surface area (TPSA) is 21.7 Å². The van der Waals surface area contributed by atoms with Gasteiger partial charge in [-0.3, -0.25) is 4.90 Å². The summed E-state index contributed by atoms with van der Waals surface area (Å²) in [4.78, 5) is 5.45. The van der Waals surface area contributed by atoms with Gasteiger partial charge in [0, 0.05) is 42.9 Å². The zero-order valence-electron chi connectivity index (χ0n) is 11.9. The molecular weight excluding hydrogens is 258 g/mol. The number of nitrogens with zero attached hydrogens (tertiary/aromatic N) is 1. The van der Waals surface area contributed by atoms with E-state index in [1.165, 1.54) is 9.75 Å². The number of aryl methyl sites for hydroxylation is 1. The van der Waals surface area contributed by atoms with Crippen LogP contribution in [0.2, 0.25) is 0 Å². The fraction of sp³-hybridized carbons (Fsp3) is 0.733. The van der Waals surface area contributed by atoms with E-state index in [9.17, 15) is 0 Å². The van der Waals surface area contributed by atoms with E-state index in [0.29, 0.717) is 6.10 Å². The number of rotatable bonds is 3. The standard InChI is InChI=1S/C15H23NO2S/c1-12-3-4-14(19-12)10-16-7-5-15(6-8-16)9-13(17-2)11-18-15/h3-4,13H,5-11H2,1-2H3/t13-/m1/s1. The molecule has 0 amide bonds. The van der Waals surface area contributed by atoms with Crippen molar-refractivity contribution in [3.63, 3.8) is 0 Å². The number of methoxy groups -OCH3 is 1. The second-order valence-corrected chi connectivity index (χ2v) is 7.22. The van der Waals surface area contributed by atoms with Crippen LogP contribution in [0.5, 0.6) is 0 Å². The average Bonchev–Trinajstić information content (AvgIpc) is 3.00. The Morgan fingerprint density at radius 2 is 2.21 bits per heavy atom. The largest absolute Gasteiger partial charge is 0.379 e. The smallest absolute Gasteiger partial charge is 0.0832 e. The molecule has 19 heavy (non-hydrogen) atoms. The predicted octanol–water partition coefficient (Wildman–Crippen LogP) is 2.83. The molecule has 1 aromatic heterocycles. The molecule has 0 N–H and O–H groups in total. The Bertz CT molecular complexity index is 424. The molecule has 3 heterocycles. The van der Waals surface area contributed by atoms with Crippen molar-refractivity contribution in [2.45, 2.75) is 44.4 Å². The van der Waals surface area contributed by atoms with Crippen molar-refractivity contribution >= 4 is 11.3 Å². The van der Waals surface area contributed by atoms with Crippen molar-refractivity contribution in [1.29, 1.82) is 0 Å². The number of hydrogen-bond donors (Lipinski definition) is 0. The van der Waals surface area contributed by atoms with Crippen molar-refractivity contribution < 1.29 is 9.47 Å². The first-order valence-corrected chi connectivity index (χ1v) is 7.95. The van der Waals surface area contributed by atoms with Crippen molar-refractivity contribution in [3.8, 4) is 0 Å². The maximum Gasteiger partial charge on any atom is 0.0832 e. The van der Waals surface area contributed by atoms with E-state index in [0.717, 1.165) is 45.5 Å². The van der Waals surface area contributed by atoms with Gasteiger partial charge in [-0.1, -0.05) is 0 Å². The molecule has 1 spiro atoms. The van der Waals surface area contributed by atoms with Crippen molar-refractivity contribution in [2.75, 3.05) is 26.8 Å². The van der Waals surface area contributed by atoms with Gasteiger partial charge in [0.15, 0.2) is 0 Å². The molecule has 2 fully saturated rings. The summed E-state index contributed by atoms with van der Waals surface area (Å²) in [6.07, 6.45) is 3.69. The third kappa shape index (κ3) is 3.02. The Morgan fingerprint density at radius 1 is 1.42 bits per heavy atom. The number of ether oxygens (including phenoxy) is 2. The van der Waals surface area contributed by atoms with E-state index in [1.54, 1.807) is 7.11 Å². The molecule has 0 aromatic carbocycles. The number of piperidine rings is 1. The maximum absolute atomic E-state index is 6.04. The van der Waals surface area contributed by atoms with E-state index < -0.39 is 0 Å². The lowest BCUT2D eigenvalue weighted by molar-refractivity contribution is -0.0458. The van der Waals surface area contributed by atoms with Crippen LogP contribution in [0, 0.1) is 6.92 Å². The summed E-state index contributed by atoms with van der Waals surface area (Å²) in [7, 11) is 1.79. The molecule has 106 valence electrons. The van der Waals surface area contributed by atoms with E-state index in [1.807, 2.05) is 11.3 Å². The molecule has 4 heteroatoms. The van der Waals surface area contributed by atoms with E-state index in [-0.39, 0.29) is 5.60 Å². The van der Waals surface area contributed by atoms with Crippen LogP contribution in [0.25, 0.3) is 0 Å². The van der Waals surface area contributed by atoms with Crippen molar-refractivity contribution in [3.05, 3.63) is 21.9 Å². The monoisotopic (exact) mass is 281 g/mol. The summed E-state index contributed by atoms with van der Waals surface area (Å²) in [6, 6.07) is 4.48. The SMILES string of the molecule is CO[C@H]1COC2(CCN(Cc3ccc(C)s3)CC2)C1. The average molecular weight is 281 g/mol. The number of thiophene rings is 1. The van der Waals surface area contributed by atoms with E-state index >= 15 is 0 Å². The Morgan fingerprint density at radius 3 is 2.79 bits per heavy atom. The second kappa shape index (κ2) is 5.52. The molecule has 3 rings (SSSR count). The van der Waals surface area contributed by atoms with Gasteiger partial charge in [0.2, 0.25) is 0 Å². The molecule has 0 aliphatic carbocycles. The minimum Gasteiger partial charge on any atom is -0.379 e. The van der Waals surface area contributed by atoms with Crippen LogP contribution >= 0.6 is 11.3 Å². The van der Waals surface area contributed by atoms with Crippen LogP contribution in [-0.2, 0) is 16.0 Å². The molecule has 0 radical (unpaired) electrons. The first-order valence-electron chi connectivity index (χ1n) is 7.14. The lowest BCUT2D eigenvalue weighted by Crippen LogP contribution is -2.43. The Hall–Kier alpha value is -0.420. The fourth-order valence-corrected chi connectivity index (χ4v) is 4.14. The molecular formula is C15H23NO2S. The first-order chi connectivity index (χ1) is 9.19. The highest BCUT2D eigenvalue weighted by atomic mass is 32.1. The highest BCUT2D eigenvalue weighted by Gasteiger charge is 2.42. The normalized spacial score (nSPS) is 27.2. The summed E-state index contributed by atoms with van der Waals surface area (Å²) >= 11 is 1.92. The van der Waals surface area contributed by atoms with Gasteiger partial charge in [-0.2, -0.15) is 0 Å². The van der Waals surface area contributed by atoms with Gasteiger partial charge in [-0.05, 0) is 31.9 Å². The van der Waals surface area contributed by atoms with E-state index in [2.05, 4.69) is 24.0 Å². The van der Waals surface area contributed by atoms with Gasteiger partial charge in [-0.25, -0.2) is 0 Å². The number of hydrogen-bond acceptors (Lipinski definition) is 4. The van der Waals surface area contributed by atoms with Gasteiger partial charge >= 0.3 is 0 Å². The van der Waals surface area contributed by atoms with Crippen LogP contribution in [0.1, 0.15) is 29.0 Å². The van der Waals surface area contributed by atoms with Gasteiger partial charge in [0.25, 0.3) is 0 Å². The summed E-state index contributed by atoms with van der Waals surface area (Å²) in [6.45, 7) is 6.35. The second-order valence-electron chi connectivity index (χ2n) is 5.84. The molecule has 2 aliphatic heterocycles. The highest BCUT2D eigenvalue weighted by molar-refractivity contribution is 7.11. The molecule has 1 atom stereocenters. The lowest BCUT2D eigenvalue weighted by Gasteiger charge is -2.38. The zero-order chi connectivity index (χ0) is 13.3. The quantitative estimate of drug-likeness (QED) is 0.850. The zero-order valence-corrected chi connectivity index (χ0v) is 12.7. The first kappa shape index (κ1) is 13.6. The third-order valence-electron chi connectivity index (χ3n) is 4.45. The molecule has 2 aliphatic rings. The highest BCUT2D eigenvalue weighted by Crippen LogP contribution is 2.37. The van der Waals surface area contributed by atoms with Crippen molar-refractivity contribution in [2.24, 2.45) is 0 Å². The Labute approximate surface area is 119 Å². The summed E-state index contributed by atoms with van der Waals surface area (Å²) in [5, 5.41) is 0. The number of likely N-dealkylation sites (tertiary alicyclic amines) is 1. The van der Waals surface area contributed by atoms with Gasteiger partial charge in [0.05, 0.1) is 18.3 Å². The molecule has 2 saturated heterocycles. The molecule has 3 nitrogen and oxygen atoms in total. The van der Waals surface area contributed by atoms with Crippen LogP contribution < -0.4 is 0 Å². The van der Waals surface area contributed by atoms with Crippen LogP contribution in [0.4, 0.5) is 0 Å². The minimum atomic E-state index is 0.114. The van der Waals surface area contributed by atoms with Gasteiger partial charge < -0.3 is 9.47 Å². The minimum absolute atomic E-state index is 0.114. The maximum atomic E-state index is 6.04. The van der Waals surface area contributed by atoms with Gasteiger partial charge in [-0.15, -0.1) is 11.3 Å².